The molecule has 96 valence electrons. The Labute approximate surface area is 112 Å². The highest BCUT2D eigenvalue weighted by molar-refractivity contribution is 7.99. The maximum Gasteiger partial charge on any atom is 0.250 e. The van der Waals surface area contributed by atoms with Crippen LogP contribution >= 0.6 is 11.8 Å². The summed E-state index contributed by atoms with van der Waals surface area (Å²) in [7, 11) is 0. The van der Waals surface area contributed by atoms with Gasteiger partial charge in [0.1, 0.15) is 0 Å². The first-order chi connectivity index (χ1) is 8.84. The van der Waals surface area contributed by atoms with Gasteiger partial charge in [0.25, 0.3) is 0 Å². The van der Waals surface area contributed by atoms with Crippen molar-refractivity contribution >= 4 is 23.4 Å². The molecule has 0 bridgehead atoms. The summed E-state index contributed by atoms with van der Waals surface area (Å²) in [5, 5.41) is 4.15. The van der Waals surface area contributed by atoms with Crippen LogP contribution in [0.25, 0.3) is 0 Å². The van der Waals surface area contributed by atoms with Gasteiger partial charge in [-0.3, -0.25) is 4.79 Å². The van der Waals surface area contributed by atoms with Crippen molar-refractivity contribution in [2.24, 2.45) is 5.10 Å². The van der Waals surface area contributed by atoms with E-state index in [1.807, 2.05) is 18.2 Å². The van der Waals surface area contributed by atoms with Crippen molar-refractivity contribution in [3.8, 4) is 0 Å². The average Bonchev–Trinajstić information content (AvgIpc) is 2.91. The second kappa shape index (κ2) is 7.21. The molecule has 1 aromatic carbocycles. The van der Waals surface area contributed by atoms with E-state index >= 15 is 0 Å². The maximum absolute atomic E-state index is 11.6. The molecule has 0 heterocycles. The fraction of sp³-hybridized carbons (Fsp3) is 0.429. The van der Waals surface area contributed by atoms with Crippen LogP contribution < -0.4 is 5.43 Å². The number of hydrogen-bond donors (Lipinski definition) is 1. The number of carbonyl (C=O) groups is 1. The molecular formula is C14H18N2OS. The zero-order valence-corrected chi connectivity index (χ0v) is 11.2. The molecule has 0 spiro atoms. The van der Waals surface area contributed by atoms with Gasteiger partial charge in [0.2, 0.25) is 5.91 Å². The van der Waals surface area contributed by atoms with Crippen molar-refractivity contribution in [2.75, 3.05) is 5.75 Å². The Morgan fingerprint density at radius 3 is 2.67 bits per heavy atom. The number of hydrogen-bond acceptors (Lipinski definition) is 3. The third-order valence-electron chi connectivity index (χ3n) is 2.86. The monoisotopic (exact) mass is 262 g/mol. The standard InChI is InChI=1S/C14H18N2OS/c17-14(16-15-13-8-4-5-9-13)11-18-10-12-6-2-1-3-7-12/h1-3,6-7H,4-5,8-11H2,(H,16,17). The van der Waals surface area contributed by atoms with Crippen LogP contribution in [0.15, 0.2) is 35.4 Å². The fourth-order valence-electron chi connectivity index (χ4n) is 1.90. The Bertz CT molecular complexity index is 409. The Hall–Kier alpha value is -1.29. The minimum atomic E-state index is -0.00432. The molecule has 0 atom stereocenters. The lowest BCUT2D eigenvalue weighted by Gasteiger charge is -2.02. The summed E-state index contributed by atoms with van der Waals surface area (Å²) >= 11 is 1.62. The lowest BCUT2D eigenvalue weighted by atomic mass is 10.2. The van der Waals surface area contributed by atoms with Crippen molar-refractivity contribution in [1.82, 2.24) is 5.43 Å². The molecule has 3 nitrogen and oxygen atoms in total. The number of nitrogens with one attached hydrogen (secondary N) is 1. The lowest BCUT2D eigenvalue weighted by molar-refractivity contribution is -0.118. The molecule has 18 heavy (non-hydrogen) atoms. The fourth-order valence-corrected chi connectivity index (χ4v) is 2.68. The first-order valence-corrected chi connectivity index (χ1v) is 7.46. The van der Waals surface area contributed by atoms with Gasteiger partial charge < -0.3 is 0 Å². The number of nitrogens with zero attached hydrogens (tertiary/aromatic N) is 1. The first kappa shape index (κ1) is 13.1. The van der Waals surface area contributed by atoms with Gasteiger partial charge in [-0.25, -0.2) is 5.43 Å². The predicted octanol–water partition coefficient (Wildman–Crippen LogP) is 2.97. The van der Waals surface area contributed by atoms with Crippen LogP contribution in [0.5, 0.6) is 0 Å². The van der Waals surface area contributed by atoms with Gasteiger partial charge in [0.15, 0.2) is 0 Å². The Kier molecular flexibility index (Phi) is 5.27. The first-order valence-electron chi connectivity index (χ1n) is 6.30. The number of rotatable bonds is 5. The molecule has 2 rings (SSSR count). The molecule has 0 unspecified atom stereocenters. The van der Waals surface area contributed by atoms with E-state index in [9.17, 15) is 4.79 Å². The van der Waals surface area contributed by atoms with E-state index in [-0.39, 0.29) is 5.91 Å². The molecule has 1 aliphatic carbocycles. The van der Waals surface area contributed by atoms with Gasteiger partial charge >= 0.3 is 0 Å². The minimum Gasteiger partial charge on any atom is -0.272 e. The summed E-state index contributed by atoms with van der Waals surface area (Å²) in [6.45, 7) is 0. The van der Waals surface area contributed by atoms with Crippen LogP contribution in [0.2, 0.25) is 0 Å². The zero-order valence-electron chi connectivity index (χ0n) is 10.4. The normalized spacial score (nSPS) is 14.6. The molecule has 0 aliphatic heterocycles. The molecule has 1 fully saturated rings. The topological polar surface area (TPSA) is 41.5 Å². The summed E-state index contributed by atoms with van der Waals surface area (Å²) in [6.07, 6.45) is 4.49. The molecule has 0 aromatic heterocycles. The Morgan fingerprint density at radius 2 is 1.94 bits per heavy atom. The maximum atomic E-state index is 11.6. The molecule has 1 aliphatic rings. The van der Waals surface area contributed by atoms with Crippen molar-refractivity contribution in [3.63, 3.8) is 0 Å². The minimum absolute atomic E-state index is 0.00432. The summed E-state index contributed by atoms with van der Waals surface area (Å²) < 4.78 is 0. The Morgan fingerprint density at radius 1 is 1.22 bits per heavy atom. The van der Waals surface area contributed by atoms with Gasteiger partial charge in [-0.15, -0.1) is 11.8 Å². The Balaban J connectivity index is 1.64. The van der Waals surface area contributed by atoms with Crippen LogP contribution in [0.1, 0.15) is 31.2 Å². The van der Waals surface area contributed by atoms with E-state index in [2.05, 4.69) is 22.7 Å². The zero-order chi connectivity index (χ0) is 12.6. The van der Waals surface area contributed by atoms with Gasteiger partial charge in [0.05, 0.1) is 5.75 Å². The second-order valence-corrected chi connectivity index (χ2v) is 5.38. The van der Waals surface area contributed by atoms with E-state index in [4.69, 9.17) is 0 Å². The second-order valence-electron chi connectivity index (χ2n) is 4.40. The van der Waals surface area contributed by atoms with Gasteiger partial charge in [-0.05, 0) is 31.2 Å². The molecule has 4 heteroatoms. The number of carbonyl (C=O) groups excluding carboxylic acids is 1. The van der Waals surface area contributed by atoms with Crippen molar-refractivity contribution in [3.05, 3.63) is 35.9 Å². The van der Waals surface area contributed by atoms with Gasteiger partial charge in [-0.2, -0.15) is 5.10 Å². The van der Waals surface area contributed by atoms with E-state index in [1.54, 1.807) is 11.8 Å². The van der Waals surface area contributed by atoms with E-state index in [0.717, 1.165) is 24.3 Å². The molecule has 0 radical (unpaired) electrons. The highest BCUT2D eigenvalue weighted by atomic mass is 32.2. The van der Waals surface area contributed by atoms with E-state index in [0.29, 0.717) is 5.75 Å². The average molecular weight is 262 g/mol. The molecule has 1 amide bonds. The van der Waals surface area contributed by atoms with Gasteiger partial charge in [-0.1, -0.05) is 30.3 Å². The highest BCUT2D eigenvalue weighted by Gasteiger charge is 2.08. The van der Waals surface area contributed by atoms with E-state index in [1.165, 1.54) is 18.4 Å². The number of amides is 1. The predicted molar refractivity (Wildman–Crippen MR) is 76.6 cm³/mol. The molecular weight excluding hydrogens is 244 g/mol. The summed E-state index contributed by atoms with van der Waals surface area (Å²) in [5.41, 5.74) is 5.02. The smallest absolute Gasteiger partial charge is 0.250 e. The largest absolute Gasteiger partial charge is 0.272 e. The highest BCUT2D eigenvalue weighted by Crippen LogP contribution is 2.14. The number of thioether (sulfide) groups is 1. The molecule has 1 saturated carbocycles. The molecule has 1 N–H and O–H groups in total. The quantitative estimate of drug-likeness (QED) is 0.829. The van der Waals surface area contributed by atoms with Crippen molar-refractivity contribution in [2.45, 2.75) is 31.4 Å². The third-order valence-corrected chi connectivity index (χ3v) is 3.87. The van der Waals surface area contributed by atoms with Crippen molar-refractivity contribution in [1.29, 1.82) is 0 Å². The number of benzene rings is 1. The van der Waals surface area contributed by atoms with Crippen LogP contribution in [0.4, 0.5) is 0 Å². The molecule has 1 aromatic rings. The lowest BCUT2D eigenvalue weighted by Crippen LogP contribution is -2.21. The summed E-state index contributed by atoms with van der Waals surface area (Å²) in [5.74, 6) is 1.33. The van der Waals surface area contributed by atoms with Crippen LogP contribution in [0.3, 0.4) is 0 Å². The van der Waals surface area contributed by atoms with Crippen LogP contribution in [-0.2, 0) is 10.5 Å². The van der Waals surface area contributed by atoms with Crippen LogP contribution in [0, 0.1) is 0 Å². The third kappa shape index (κ3) is 4.53. The summed E-state index contributed by atoms with van der Waals surface area (Å²) in [4.78, 5) is 11.6. The SMILES string of the molecule is O=C(CSCc1ccccc1)NN=C1CCCC1. The van der Waals surface area contributed by atoms with Crippen molar-refractivity contribution < 1.29 is 4.79 Å². The van der Waals surface area contributed by atoms with E-state index < -0.39 is 0 Å². The molecule has 0 saturated heterocycles. The number of hydrazone groups is 1. The van der Waals surface area contributed by atoms with Crippen LogP contribution in [-0.4, -0.2) is 17.4 Å². The summed E-state index contributed by atoms with van der Waals surface area (Å²) in [6, 6.07) is 10.2. The van der Waals surface area contributed by atoms with Gasteiger partial charge in [0, 0.05) is 11.5 Å².